The van der Waals surface area contributed by atoms with E-state index >= 15 is 0 Å². The molecule has 1 aromatic carbocycles. The Balaban J connectivity index is 1.94. The van der Waals surface area contributed by atoms with Gasteiger partial charge in [0.15, 0.2) is 0 Å². The smallest absolute Gasteiger partial charge is 0.341 e. The average Bonchev–Trinajstić information content (AvgIpc) is 3.20. The molecule has 0 fully saturated rings. The van der Waals surface area contributed by atoms with E-state index in [-0.39, 0.29) is 5.57 Å². The van der Waals surface area contributed by atoms with Crippen molar-refractivity contribution in [2.45, 2.75) is 13.8 Å². The number of thiophene rings is 1. The summed E-state index contributed by atoms with van der Waals surface area (Å²) in [7, 11) is 1.29. The lowest BCUT2D eigenvalue weighted by molar-refractivity contribution is -0.112. The zero-order valence-electron chi connectivity index (χ0n) is 15.0. The van der Waals surface area contributed by atoms with Crippen LogP contribution >= 0.6 is 11.3 Å². The quantitative estimate of drug-likeness (QED) is 0.404. The maximum absolute atomic E-state index is 12.6. The number of carbonyl (C=O) groups excluding carboxylic acids is 2. The Hall–Kier alpha value is -3.37. The average molecular weight is 379 g/mol. The molecule has 0 saturated carbocycles. The van der Waals surface area contributed by atoms with Crippen molar-refractivity contribution in [3.05, 3.63) is 57.6 Å². The van der Waals surface area contributed by atoms with Gasteiger partial charge in [0.2, 0.25) is 0 Å². The molecule has 3 rings (SSSR count). The second kappa shape index (κ2) is 7.48. The van der Waals surface area contributed by atoms with Crippen molar-refractivity contribution in [3.63, 3.8) is 0 Å². The number of methoxy groups -OCH3 is 1. The number of amides is 1. The van der Waals surface area contributed by atoms with Gasteiger partial charge in [-0.1, -0.05) is 18.2 Å². The molecule has 0 aliphatic heterocycles. The fraction of sp³-hybridized carbons (Fsp3) is 0.150. The Kier molecular flexibility index (Phi) is 5.10. The number of aromatic amines is 1. The molecule has 0 unspecified atom stereocenters. The number of benzene rings is 1. The maximum Gasteiger partial charge on any atom is 0.341 e. The fourth-order valence-corrected chi connectivity index (χ4v) is 3.79. The number of H-pyrrole nitrogens is 1. The third kappa shape index (κ3) is 3.48. The van der Waals surface area contributed by atoms with Gasteiger partial charge < -0.3 is 15.0 Å². The number of esters is 1. The zero-order chi connectivity index (χ0) is 19.6. The Morgan fingerprint density at radius 2 is 2.04 bits per heavy atom. The number of nitrogens with zero attached hydrogens (tertiary/aromatic N) is 1. The van der Waals surface area contributed by atoms with E-state index in [4.69, 9.17) is 4.74 Å². The summed E-state index contributed by atoms with van der Waals surface area (Å²) in [4.78, 5) is 28.7. The predicted molar refractivity (Wildman–Crippen MR) is 106 cm³/mol. The van der Waals surface area contributed by atoms with Gasteiger partial charge in [-0.3, -0.25) is 4.79 Å². The van der Waals surface area contributed by atoms with E-state index in [0.717, 1.165) is 26.9 Å². The minimum absolute atomic E-state index is 0.0562. The Labute approximate surface area is 160 Å². The van der Waals surface area contributed by atoms with E-state index in [9.17, 15) is 14.9 Å². The maximum atomic E-state index is 12.6. The van der Waals surface area contributed by atoms with Gasteiger partial charge in [-0.25, -0.2) is 4.79 Å². The first-order valence-electron chi connectivity index (χ1n) is 8.13. The normalized spacial score (nSPS) is 11.3. The van der Waals surface area contributed by atoms with Crippen LogP contribution < -0.4 is 5.32 Å². The highest BCUT2D eigenvalue weighted by Gasteiger charge is 2.22. The molecular weight excluding hydrogens is 362 g/mol. The minimum atomic E-state index is -0.575. The molecule has 0 atom stereocenters. The lowest BCUT2D eigenvalue weighted by Gasteiger charge is -2.05. The SMILES string of the molecule is COC(=O)c1c(NC(=O)/C(C#N)=C/c2c[nH]c3ccccc23)sc(C)c1C. The van der Waals surface area contributed by atoms with E-state index in [1.54, 1.807) is 13.1 Å². The number of ether oxygens (including phenoxy) is 1. The molecule has 1 amide bonds. The van der Waals surface area contributed by atoms with Crippen molar-refractivity contribution < 1.29 is 14.3 Å². The highest BCUT2D eigenvalue weighted by atomic mass is 32.1. The van der Waals surface area contributed by atoms with Crippen LogP contribution in [0.1, 0.15) is 26.4 Å². The Morgan fingerprint density at radius 1 is 1.30 bits per heavy atom. The summed E-state index contributed by atoms with van der Waals surface area (Å²) < 4.78 is 4.81. The third-order valence-electron chi connectivity index (χ3n) is 4.29. The second-order valence-electron chi connectivity index (χ2n) is 5.89. The zero-order valence-corrected chi connectivity index (χ0v) is 15.9. The molecule has 3 aromatic rings. The summed E-state index contributed by atoms with van der Waals surface area (Å²) in [6, 6.07) is 9.55. The summed E-state index contributed by atoms with van der Waals surface area (Å²) in [6.45, 7) is 3.65. The molecule has 0 bridgehead atoms. The molecule has 2 aromatic heterocycles. The summed E-state index contributed by atoms with van der Waals surface area (Å²) >= 11 is 1.28. The fourth-order valence-electron chi connectivity index (χ4n) is 2.75. The molecule has 0 aliphatic rings. The lowest BCUT2D eigenvalue weighted by Crippen LogP contribution is -2.15. The number of nitriles is 1. The van der Waals surface area contributed by atoms with Crippen molar-refractivity contribution in [2.75, 3.05) is 12.4 Å². The van der Waals surface area contributed by atoms with Crippen molar-refractivity contribution in [3.8, 4) is 6.07 Å². The van der Waals surface area contributed by atoms with E-state index in [2.05, 4.69) is 10.3 Å². The van der Waals surface area contributed by atoms with E-state index in [0.29, 0.717) is 10.6 Å². The van der Waals surface area contributed by atoms with Gasteiger partial charge >= 0.3 is 5.97 Å². The summed E-state index contributed by atoms with van der Waals surface area (Å²) in [6.07, 6.45) is 3.27. The number of carbonyl (C=O) groups is 2. The van der Waals surface area contributed by atoms with Crippen LogP contribution in [-0.2, 0) is 9.53 Å². The Bertz CT molecular complexity index is 1120. The van der Waals surface area contributed by atoms with Crippen molar-refractivity contribution >= 4 is 45.2 Å². The molecule has 0 radical (unpaired) electrons. The van der Waals surface area contributed by atoms with Crippen LogP contribution in [0.25, 0.3) is 17.0 Å². The summed E-state index contributed by atoms with van der Waals surface area (Å²) in [5, 5.41) is 13.4. The minimum Gasteiger partial charge on any atom is -0.465 e. The van der Waals surface area contributed by atoms with Crippen LogP contribution in [0.4, 0.5) is 5.00 Å². The van der Waals surface area contributed by atoms with Crippen molar-refractivity contribution in [1.82, 2.24) is 4.98 Å². The summed E-state index contributed by atoms with van der Waals surface area (Å²) in [5.74, 6) is -1.10. The van der Waals surface area contributed by atoms with Gasteiger partial charge in [-0.05, 0) is 31.6 Å². The highest BCUT2D eigenvalue weighted by molar-refractivity contribution is 7.16. The van der Waals surface area contributed by atoms with Crippen molar-refractivity contribution in [1.29, 1.82) is 5.26 Å². The van der Waals surface area contributed by atoms with Gasteiger partial charge in [0, 0.05) is 27.5 Å². The van der Waals surface area contributed by atoms with Crippen LogP contribution in [0.15, 0.2) is 36.0 Å². The molecule has 0 saturated heterocycles. The number of hydrogen-bond acceptors (Lipinski definition) is 5. The largest absolute Gasteiger partial charge is 0.465 e. The number of aryl methyl sites for hydroxylation is 1. The molecule has 0 aliphatic carbocycles. The predicted octanol–water partition coefficient (Wildman–Crippen LogP) is 4.18. The van der Waals surface area contributed by atoms with Crippen molar-refractivity contribution in [2.24, 2.45) is 0 Å². The van der Waals surface area contributed by atoms with E-state index in [1.165, 1.54) is 24.5 Å². The third-order valence-corrected chi connectivity index (χ3v) is 5.41. The van der Waals surface area contributed by atoms with Crippen LogP contribution in [0, 0.1) is 25.2 Å². The van der Waals surface area contributed by atoms with Gasteiger partial charge in [-0.15, -0.1) is 11.3 Å². The van der Waals surface area contributed by atoms with E-state index in [1.807, 2.05) is 37.3 Å². The highest BCUT2D eigenvalue weighted by Crippen LogP contribution is 2.33. The molecule has 2 N–H and O–H groups in total. The first-order chi connectivity index (χ1) is 13.0. The first kappa shape index (κ1) is 18.4. The lowest BCUT2D eigenvalue weighted by atomic mass is 10.1. The number of nitrogens with one attached hydrogen (secondary N) is 2. The number of aromatic nitrogens is 1. The van der Waals surface area contributed by atoms with Gasteiger partial charge in [0.25, 0.3) is 5.91 Å². The number of para-hydroxylation sites is 1. The summed E-state index contributed by atoms with van der Waals surface area (Å²) in [5.41, 5.74) is 2.67. The van der Waals surface area contributed by atoms with Crippen LogP contribution in [0.5, 0.6) is 0 Å². The first-order valence-corrected chi connectivity index (χ1v) is 8.95. The molecule has 27 heavy (non-hydrogen) atoms. The number of hydrogen-bond donors (Lipinski definition) is 2. The molecule has 2 heterocycles. The molecule has 7 heteroatoms. The van der Waals surface area contributed by atoms with Crippen LogP contribution in [0.2, 0.25) is 0 Å². The Morgan fingerprint density at radius 3 is 2.74 bits per heavy atom. The monoisotopic (exact) mass is 379 g/mol. The van der Waals surface area contributed by atoms with E-state index < -0.39 is 11.9 Å². The molecule has 0 spiro atoms. The van der Waals surface area contributed by atoms with Gasteiger partial charge in [0.05, 0.1) is 12.7 Å². The number of anilines is 1. The number of rotatable bonds is 4. The standard InChI is InChI=1S/C20H17N3O3S/c1-11-12(2)27-19(17(11)20(25)26-3)23-18(24)13(9-21)8-14-10-22-16-7-5-4-6-15(14)16/h4-8,10,22H,1-3H3,(H,23,24)/b13-8+. The topological polar surface area (TPSA) is 95.0 Å². The number of fused-ring (bicyclic) bond motifs is 1. The second-order valence-corrected chi connectivity index (χ2v) is 7.12. The van der Waals surface area contributed by atoms with Gasteiger partial charge in [0.1, 0.15) is 16.6 Å². The van der Waals surface area contributed by atoms with Crippen LogP contribution in [-0.4, -0.2) is 24.0 Å². The molecule has 136 valence electrons. The molecular formula is C20H17N3O3S. The molecule has 6 nitrogen and oxygen atoms in total. The van der Waals surface area contributed by atoms with Gasteiger partial charge in [-0.2, -0.15) is 5.26 Å². The van der Waals surface area contributed by atoms with Crippen LogP contribution in [0.3, 0.4) is 0 Å².